The van der Waals surface area contributed by atoms with Crippen LogP contribution in [0.25, 0.3) is 11.5 Å². The second-order valence-electron chi connectivity index (χ2n) is 4.62. The predicted molar refractivity (Wildman–Crippen MR) is 77.1 cm³/mol. The van der Waals surface area contributed by atoms with Gasteiger partial charge < -0.3 is 4.57 Å². The minimum atomic E-state index is 0.823. The third-order valence-electron chi connectivity index (χ3n) is 3.31. The zero-order valence-corrected chi connectivity index (χ0v) is 11.5. The van der Waals surface area contributed by atoms with Gasteiger partial charge in [0, 0.05) is 37.5 Å². The highest BCUT2D eigenvalue weighted by Crippen LogP contribution is 2.15. The molecule has 0 aliphatic rings. The summed E-state index contributed by atoms with van der Waals surface area (Å²) in [5.41, 5.74) is 2.15. The van der Waals surface area contributed by atoms with Crippen molar-refractivity contribution in [2.75, 3.05) is 0 Å². The van der Waals surface area contributed by atoms with Crippen molar-refractivity contribution in [3.8, 4) is 11.5 Å². The molecule has 0 radical (unpaired) electrons. The van der Waals surface area contributed by atoms with Crippen LogP contribution >= 0.6 is 0 Å². The fourth-order valence-electron chi connectivity index (χ4n) is 2.13. The molecule has 0 amide bonds. The van der Waals surface area contributed by atoms with E-state index in [4.69, 9.17) is 0 Å². The van der Waals surface area contributed by atoms with Gasteiger partial charge in [-0.3, -0.25) is 9.67 Å². The van der Waals surface area contributed by atoms with E-state index in [1.54, 1.807) is 6.20 Å². The van der Waals surface area contributed by atoms with Gasteiger partial charge in [-0.15, -0.1) is 0 Å². The topological polar surface area (TPSA) is 48.5 Å². The Morgan fingerprint density at radius 1 is 1.05 bits per heavy atom. The maximum absolute atomic E-state index is 4.49. The van der Waals surface area contributed by atoms with E-state index in [0.717, 1.165) is 31.0 Å². The molecule has 0 aliphatic heterocycles. The largest absolute Gasteiger partial charge is 0.328 e. The number of hydrogen-bond acceptors (Lipinski definition) is 3. The van der Waals surface area contributed by atoms with E-state index in [2.05, 4.69) is 32.6 Å². The van der Waals surface area contributed by atoms with Gasteiger partial charge in [0.2, 0.25) is 0 Å². The number of nitrogens with zero attached hydrogens (tertiary/aromatic N) is 5. The van der Waals surface area contributed by atoms with Gasteiger partial charge in [-0.25, -0.2) is 4.98 Å². The van der Waals surface area contributed by atoms with Crippen LogP contribution in [-0.4, -0.2) is 24.3 Å². The van der Waals surface area contributed by atoms with Crippen molar-refractivity contribution in [2.45, 2.75) is 26.4 Å². The van der Waals surface area contributed by atoms with Crippen molar-refractivity contribution in [2.24, 2.45) is 0 Å². The lowest BCUT2D eigenvalue weighted by atomic mass is 10.2. The van der Waals surface area contributed by atoms with Gasteiger partial charge in [0.05, 0.1) is 6.54 Å². The first-order valence-electron chi connectivity index (χ1n) is 6.80. The van der Waals surface area contributed by atoms with Crippen molar-refractivity contribution < 1.29 is 0 Å². The van der Waals surface area contributed by atoms with E-state index >= 15 is 0 Å². The van der Waals surface area contributed by atoms with Crippen LogP contribution in [0.3, 0.4) is 0 Å². The molecule has 20 heavy (non-hydrogen) atoms. The average molecular weight is 267 g/mol. The molecule has 0 aromatic carbocycles. The quantitative estimate of drug-likeness (QED) is 0.713. The van der Waals surface area contributed by atoms with Gasteiger partial charge in [-0.05, 0) is 24.1 Å². The monoisotopic (exact) mass is 267 g/mol. The summed E-state index contributed by atoms with van der Waals surface area (Å²) in [7, 11) is 0. The Hall–Kier alpha value is -2.43. The highest BCUT2D eigenvalue weighted by molar-refractivity contribution is 5.49. The molecule has 102 valence electrons. The van der Waals surface area contributed by atoms with Crippen LogP contribution in [0.2, 0.25) is 0 Å². The minimum Gasteiger partial charge on any atom is -0.328 e. The Labute approximate surface area is 117 Å². The first kappa shape index (κ1) is 12.6. The lowest BCUT2D eigenvalue weighted by Gasteiger charge is -2.08. The van der Waals surface area contributed by atoms with Gasteiger partial charge in [-0.1, -0.05) is 13.0 Å². The van der Waals surface area contributed by atoms with E-state index < -0.39 is 0 Å². The molecule has 0 fully saturated rings. The summed E-state index contributed by atoms with van der Waals surface area (Å²) in [6.07, 6.45) is 10.5. The number of pyridine rings is 1. The molecule has 0 saturated heterocycles. The Balaban J connectivity index is 1.78. The lowest BCUT2D eigenvalue weighted by molar-refractivity contribution is 0.536. The normalized spacial score (nSPS) is 10.8. The zero-order valence-electron chi connectivity index (χ0n) is 11.5. The van der Waals surface area contributed by atoms with Gasteiger partial charge in [0.1, 0.15) is 5.69 Å². The van der Waals surface area contributed by atoms with E-state index in [1.807, 2.05) is 41.6 Å². The molecular formula is C15H17N5. The molecular weight excluding hydrogens is 250 g/mol. The third kappa shape index (κ3) is 2.61. The highest BCUT2D eigenvalue weighted by atomic mass is 15.3. The molecule has 3 heterocycles. The van der Waals surface area contributed by atoms with Crippen molar-refractivity contribution in [3.63, 3.8) is 0 Å². The summed E-state index contributed by atoms with van der Waals surface area (Å²) in [4.78, 5) is 8.90. The van der Waals surface area contributed by atoms with Crippen molar-refractivity contribution in [3.05, 3.63) is 54.7 Å². The number of hydrogen-bond donors (Lipinski definition) is 0. The lowest BCUT2D eigenvalue weighted by Crippen LogP contribution is -2.08. The van der Waals surface area contributed by atoms with Crippen LogP contribution in [0.5, 0.6) is 0 Å². The Bertz CT molecular complexity index is 652. The van der Waals surface area contributed by atoms with Gasteiger partial charge in [0.25, 0.3) is 0 Å². The van der Waals surface area contributed by atoms with Crippen LogP contribution in [0, 0.1) is 0 Å². The Morgan fingerprint density at radius 2 is 2.00 bits per heavy atom. The smallest absolute Gasteiger partial charge is 0.158 e. The number of aromatic nitrogens is 5. The summed E-state index contributed by atoms with van der Waals surface area (Å²) in [6.45, 7) is 3.78. The molecule has 0 N–H and O–H groups in total. The summed E-state index contributed by atoms with van der Waals surface area (Å²) in [5.74, 6) is 0.903. The SMILES string of the molecule is CCc1ccc(-c2nccn2CCn2cccn2)nc1. The molecule has 0 saturated carbocycles. The van der Waals surface area contributed by atoms with Gasteiger partial charge in [-0.2, -0.15) is 5.10 Å². The second-order valence-corrected chi connectivity index (χ2v) is 4.62. The van der Waals surface area contributed by atoms with E-state index in [0.29, 0.717) is 0 Å². The molecule has 0 bridgehead atoms. The first-order valence-corrected chi connectivity index (χ1v) is 6.80. The van der Waals surface area contributed by atoms with E-state index in [9.17, 15) is 0 Å². The Morgan fingerprint density at radius 3 is 2.70 bits per heavy atom. The minimum absolute atomic E-state index is 0.823. The van der Waals surface area contributed by atoms with Crippen LogP contribution < -0.4 is 0 Å². The molecule has 0 atom stereocenters. The van der Waals surface area contributed by atoms with Crippen molar-refractivity contribution >= 4 is 0 Å². The van der Waals surface area contributed by atoms with Gasteiger partial charge in [0.15, 0.2) is 5.82 Å². The average Bonchev–Trinajstić information content (AvgIpc) is 3.16. The van der Waals surface area contributed by atoms with Crippen LogP contribution in [0.15, 0.2) is 49.2 Å². The third-order valence-corrected chi connectivity index (χ3v) is 3.31. The first-order chi connectivity index (χ1) is 9.86. The second kappa shape index (κ2) is 5.69. The van der Waals surface area contributed by atoms with Crippen molar-refractivity contribution in [1.29, 1.82) is 0 Å². The number of aryl methyl sites for hydroxylation is 3. The van der Waals surface area contributed by atoms with Crippen molar-refractivity contribution in [1.82, 2.24) is 24.3 Å². The standard InChI is InChI=1S/C15H17N5/c1-2-13-4-5-14(17-12-13)15-16-7-9-19(15)10-11-20-8-3-6-18-20/h3-9,12H,2,10-11H2,1H3. The maximum atomic E-state index is 4.49. The molecule has 0 spiro atoms. The molecule has 0 unspecified atom stereocenters. The Kier molecular flexibility index (Phi) is 3.58. The molecule has 3 aromatic rings. The summed E-state index contributed by atoms with van der Waals surface area (Å²) < 4.78 is 4.02. The molecule has 5 heteroatoms. The number of rotatable bonds is 5. The highest BCUT2D eigenvalue weighted by Gasteiger charge is 2.07. The fourth-order valence-corrected chi connectivity index (χ4v) is 2.13. The van der Waals surface area contributed by atoms with E-state index in [1.165, 1.54) is 5.56 Å². The summed E-state index contributed by atoms with van der Waals surface area (Å²) in [6, 6.07) is 6.07. The molecule has 3 aromatic heterocycles. The van der Waals surface area contributed by atoms with Crippen LogP contribution in [-0.2, 0) is 19.5 Å². The molecule has 3 rings (SSSR count). The maximum Gasteiger partial charge on any atom is 0.158 e. The zero-order chi connectivity index (χ0) is 13.8. The van der Waals surface area contributed by atoms with E-state index in [-0.39, 0.29) is 0 Å². The van der Waals surface area contributed by atoms with Gasteiger partial charge >= 0.3 is 0 Å². The fraction of sp³-hybridized carbons (Fsp3) is 0.267. The predicted octanol–water partition coefficient (Wildman–Crippen LogP) is 2.40. The summed E-state index contributed by atoms with van der Waals surface area (Å²) >= 11 is 0. The van der Waals surface area contributed by atoms with Crippen LogP contribution in [0.1, 0.15) is 12.5 Å². The molecule has 5 nitrogen and oxygen atoms in total. The molecule has 0 aliphatic carbocycles. The number of imidazole rings is 1. The van der Waals surface area contributed by atoms with Crippen LogP contribution in [0.4, 0.5) is 0 Å². The summed E-state index contributed by atoms with van der Waals surface area (Å²) in [5, 5.41) is 4.21.